The zero-order chi connectivity index (χ0) is 21.3. The highest BCUT2D eigenvalue weighted by Gasteiger charge is 2.20. The van der Waals surface area contributed by atoms with Crippen LogP contribution in [0.1, 0.15) is 74.4 Å². The molecule has 0 aliphatic heterocycles. The molecule has 4 nitrogen and oxygen atoms in total. The maximum atomic E-state index is 10.5. The first-order valence-corrected chi connectivity index (χ1v) is 11.3. The molecule has 5 heteroatoms. The minimum absolute atomic E-state index is 0.0931. The van der Waals surface area contributed by atoms with Crippen molar-refractivity contribution in [3.63, 3.8) is 0 Å². The summed E-state index contributed by atoms with van der Waals surface area (Å²) in [4.78, 5) is 1.24. The molecule has 0 aliphatic rings. The van der Waals surface area contributed by atoms with Crippen molar-refractivity contribution in [3.8, 4) is 5.75 Å². The summed E-state index contributed by atoms with van der Waals surface area (Å²) in [5, 5.41) is 31.3. The van der Waals surface area contributed by atoms with Gasteiger partial charge in [-0.15, -0.1) is 11.3 Å². The normalized spacial score (nSPS) is 12.4. The number of aliphatic hydroxyl groups excluding tert-OH is 2. The van der Waals surface area contributed by atoms with Crippen LogP contribution < -0.4 is 4.74 Å². The van der Waals surface area contributed by atoms with Crippen molar-refractivity contribution in [1.82, 2.24) is 0 Å². The Kier molecular flexibility index (Phi) is 9.37. The van der Waals surface area contributed by atoms with E-state index in [4.69, 9.17) is 4.74 Å². The van der Waals surface area contributed by atoms with Crippen molar-refractivity contribution < 1.29 is 20.1 Å². The van der Waals surface area contributed by atoms with Gasteiger partial charge in [0.2, 0.25) is 0 Å². The Morgan fingerprint density at radius 2 is 1.79 bits per heavy atom. The summed E-state index contributed by atoms with van der Waals surface area (Å²) in [5.41, 5.74) is 3.27. The van der Waals surface area contributed by atoms with Crippen molar-refractivity contribution in [3.05, 3.63) is 57.3 Å². The molecule has 0 spiro atoms. The largest absolute Gasteiger partial charge is 0.489 e. The summed E-state index contributed by atoms with van der Waals surface area (Å²) in [5.74, 6) is 0.684. The Morgan fingerprint density at radius 1 is 1.07 bits per heavy atom. The van der Waals surface area contributed by atoms with Gasteiger partial charge in [0, 0.05) is 10.4 Å². The molecule has 3 N–H and O–H groups in total. The molecule has 0 unspecified atom stereocenters. The number of ether oxygens (including phenoxy) is 1. The molecule has 0 radical (unpaired) electrons. The molecule has 0 saturated heterocycles. The molecule has 160 valence electrons. The van der Waals surface area contributed by atoms with Gasteiger partial charge in [-0.05, 0) is 72.4 Å². The summed E-state index contributed by atoms with van der Waals surface area (Å²) in [6.45, 7) is 6.49. The summed E-state index contributed by atoms with van der Waals surface area (Å²) >= 11 is 1.72. The minimum Gasteiger partial charge on any atom is -0.489 e. The third-order valence-electron chi connectivity index (χ3n) is 5.59. The predicted octanol–water partition coefficient (Wildman–Crippen LogP) is 5.44. The highest BCUT2D eigenvalue weighted by molar-refractivity contribution is 7.11. The number of hydrogen-bond donors (Lipinski definition) is 3. The average Bonchev–Trinajstić information content (AvgIpc) is 3.23. The van der Waals surface area contributed by atoms with Gasteiger partial charge in [-0.2, -0.15) is 0 Å². The minimum atomic E-state index is -0.553. The molecule has 1 aromatic carbocycles. The number of allylic oxidation sites excluding steroid dienone is 2. The van der Waals surface area contributed by atoms with Crippen molar-refractivity contribution in [2.45, 2.75) is 78.3 Å². The van der Waals surface area contributed by atoms with Gasteiger partial charge in [-0.25, -0.2) is 0 Å². The van der Waals surface area contributed by atoms with Crippen LogP contribution in [0.5, 0.6) is 5.75 Å². The molecule has 29 heavy (non-hydrogen) atoms. The predicted molar refractivity (Wildman–Crippen MR) is 120 cm³/mol. The van der Waals surface area contributed by atoms with Crippen molar-refractivity contribution in [1.29, 1.82) is 0 Å². The number of aliphatic hydroxyl groups is 3. The molecule has 0 saturated carbocycles. The van der Waals surface area contributed by atoms with E-state index in [2.05, 4.69) is 24.4 Å². The summed E-state index contributed by atoms with van der Waals surface area (Å²) in [6.07, 6.45) is 6.47. The van der Waals surface area contributed by atoms with Crippen LogP contribution in [0, 0.1) is 0 Å². The van der Waals surface area contributed by atoms with E-state index >= 15 is 0 Å². The van der Waals surface area contributed by atoms with Crippen LogP contribution in [0.15, 0.2) is 35.7 Å². The fourth-order valence-electron chi connectivity index (χ4n) is 3.32. The highest BCUT2D eigenvalue weighted by atomic mass is 32.1. The Morgan fingerprint density at radius 3 is 2.41 bits per heavy atom. The van der Waals surface area contributed by atoms with Crippen LogP contribution in [0.25, 0.3) is 5.57 Å². The van der Waals surface area contributed by atoms with Gasteiger partial charge in [0.1, 0.15) is 12.4 Å². The van der Waals surface area contributed by atoms with Gasteiger partial charge < -0.3 is 20.1 Å². The lowest BCUT2D eigenvalue weighted by atomic mass is 9.91. The van der Waals surface area contributed by atoms with Crippen LogP contribution in [-0.2, 0) is 19.8 Å². The van der Waals surface area contributed by atoms with Crippen molar-refractivity contribution in [2.24, 2.45) is 0 Å². The van der Waals surface area contributed by atoms with E-state index in [1.54, 1.807) is 23.5 Å². The first-order valence-electron chi connectivity index (χ1n) is 10.4. The second kappa shape index (κ2) is 11.5. The van der Waals surface area contributed by atoms with Crippen LogP contribution in [0.4, 0.5) is 0 Å². The third kappa shape index (κ3) is 6.68. The number of hydrogen-bond acceptors (Lipinski definition) is 5. The monoisotopic (exact) mass is 418 g/mol. The molecule has 2 rings (SSSR count). The van der Waals surface area contributed by atoms with E-state index in [9.17, 15) is 15.3 Å². The molecule has 0 atom stereocenters. The molecule has 0 aliphatic carbocycles. The second-order valence-electron chi connectivity index (χ2n) is 7.41. The molecular weight excluding hydrogens is 384 g/mol. The smallest absolute Gasteiger partial charge is 0.120 e. The Bertz CT molecular complexity index is 790. The molecule has 0 amide bonds. The van der Waals surface area contributed by atoms with E-state index in [1.807, 2.05) is 19.9 Å². The second-order valence-corrected chi connectivity index (χ2v) is 8.32. The Labute approximate surface area is 178 Å². The first kappa shape index (κ1) is 23.6. The Hall–Kier alpha value is -1.66. The SMILES string of the molecule is CC/C(=C\CCC(O)(CC)CC)c1cc(COc2ccc(CO)c(CO)c2)cs1. The van der Waals surface area contributed by atoms with Gasteiger partial charge in [0.15, 0.2) is 0 Å². The lowest BCUT2D eigenvalue weighted by molar-refractivity contribution is 0.0246. The molecule has 0 fully saturated rings. The van der Waals surface area contributed by atoms with Gasteiger partial charge in [0.25, 0.3) is 0 Å². The lowest BCUT2D eigenvalue weighted by Gasteiger charge is -2.24. The van der Waals surface area contributed by atoms with E-state index in [-0.39, 0.29) is 13.2 Å². The van der Waals surface area contributed by atoms with E-state index in [1.165, 1.54) is 10.5 Å². The number of thiophene rings is 1. The zero-order valence-electron chi connectivity index (χ0n) is 17.8. The van der Waals surface area contributed by atoms with E-state index < -0.39 is 5.60 Å². The average molecular weight is 419 g/mol. The summed E-state index contributed by atoms with van der Waals surface area (Å²) in [7, 11) is 0. The fourth-order valence-corrected chi connectivity index (χ4v) is 4.33. The van der Waals surface area contributed by atoms with Gasteiger partial charge in [0.05, 0.1) is 18.8 Å². The van der Waals surface area contributed by atoms with Crippen LogP contribution in [0.2, 0.25) is 0 Å². The summed E-state index contributed by atoms with van der Waals surface area (Å²) < 4.78 is 5.88. The van der Waals surface area contributed by atoms with Crippen LogP contribution in [0.3, 0.4) is 0 Å². The molecule has 0 bridgehead atoms. The topological polar surface area (TPSA) is 69.9 Å². The molecular formula is C24H34O4S. The number of benzene rings is 1. The Balaban J connectivity index is 1.99. The lowest BCUT2D eigenvalue weighted by Crippen LogP contribution is -2.25. The van der Waals surface area contributed by atoms with Crippen LogP contribution >= 0.6 is 11.3 Å². The van der Waals surface area contributed by atoms with E-state index in [0.717, 1.165) is 37.7 Å². The van der Waals surface area contributed by atoms with Crippen LogP contribution in [-0.4, -0.2) is 20.9 Å². The standard InChI is InChI=1S/C24H34O4S/c1-4-19(8-7-11-24(27,5-2)6-3)23-12-18(17-29-23)16-28-22-10-9-20(14-25)21(13-22)15-26/h8-10,12-13,17,25-27H,4-7,11,14-16H2,1-3H3/b19-8+. The van der Waals surface area contributed by atoms with Crippen molar-refractivity contribution >= 4 is 16.9 Å². The maximum Gasteiger partial charge on any atom is 0.120 e. The molecule has 1 aromatic heterocycles. The summed E-state index contributed by atoms with van der Waals surface area (Å²) in [6, 6.07) is 7.54. The van der Waals surface area contributed by atoms with Crippen molar-refractivity contribution in [2.75, 3.05) is 0 Å². The van der Waals surface area contributed by atoms with Gasteiger partial charge in [-0.3, -0.25) is 0 Å². The zero-order valence-corrected chi connectivity index (χ0v) is 18.6. The molecule has 1 heterocycles. The quantitative estimate of drug-likeness (QED) is 0.429. The fraction of sp³-hybridized carbons (Fsp3) is 0.500. The van der Waals surface area contributed by atoms with Gasteiger partial charge in [-0.1, -0.05) is 32.9 Å². The van der Waals surface area contributed by atoms with Gasteiger partial charge >= 0.3 is 0 Å². The number of rotatable bonds is 12. The third-order valence-corrected chi connectivity index (χ3v) is 6.65. The molecule has 2 aromatic rings. The van der Waals surface area contributed by atoms with E-state index in [0.29, 0.717) is 23.5 Å². The first-order chi connectivity index (χ1) is 14.0. The maximum absolute atomic E-state index is 10.5. The highest BCUT2D eigenvalue weighted by Crippen LogP contribution is 2.29.